The van der Waals surface area contributed by atoms with E-state index in [4.69, 9.17) is 4.74 Å². The smallest absolute Gasteiger partial charge is 0.293 e. The number of nitrogens with zero attached hydrogens (tertiary/aromatic N) is 1. The van der Waals surface area contributed by atoms with E-state index >= 15 is 0 Å². The van der Waals surface area contributed by atoms with Crippen LogP contribution in [0.1, 0.15) is 11.1 Å². The van der Waals surface area contributed by atoms with Crippen LogP contribution in [0.15, 0.2) is 81.1 Å². The molecule has 0 aliphatic carbocycles. The van der Waals surface area contributed by atoms with Gasteiger partial charge in [-0.15, -0.1) is 0 Å². The van der Waals surface area contributed by atoms with E-state index in [-0.39, 0.29) is 17.7 Å². The Morgan fingerprint density at radius 2 is 1.71 bits per heavy atom. The predicted octanol–water partition coefficient (Wildman–Crippen LogP) is 7.17. The third kappa shape index (κ3) is 4.79. The van der Waals surface area contributed by atoms with Gasteiger partial charge in [0.15, 0.2) is 0 Å². The number of benzene rings is 3. The molecule has 156 valence electrons. The maximum atomic E-state index is 12.9. The van der Waals surface area contributed by atoms with E-state index in [9.17, 15) is 9.59 Å². The second-order valence-corrected chi connectivity index (χ2v) is 9.56. The van der Waals surface area contributed by atoms with Gasteiger partial charge in [0.1, 0.15) is 12.4 Å². The van der Waals surface area contributed by atoms with Gasteiger partial charge in [0.05, 0.1) is 20.4 Å². The van der Waals surface area contributed by atoms with Crippen LogP contribution in [0.25, 0.3) is 16.8 Å². The first kappa shape index (κ1) is 21.9. The molecule has 0 aromatic heterocycles. The number of rotatable bonds is 6. The number of fused-ring (bicyclic) bond motifs is 1. The molecule has 0 radical (unpaired) electrons. The molecule has 1 fully saturated rings. The molecular weight excluding hydrogens is 542 g/mol. The molecule has 3 aromatic carbocycles. The summed E-state index contributed by atoms with van der Waals surface area (Å²) >= 11 is 7.94. The minimum atomic E-state index is -0.289. The lowest BCUT2D eigenvalue weighted by Crippen LogP contribution is -2.27. The van der Waals surface area contributed by atoms with Crippen LogP contribution < -0.4 is 4.74 Å². The van der Waals surface area contributed by atoms with Crippen LogP contribution in [0, 0.1) is 0 Å². The largest absolute Gasteiger partial charge is 0.487 e. The molecule has 3 aromatic rings. The quantitative estimate of drug-likeness (QED) is 0.238. The summed E-state index contributed by atoms with van der Waals surface area (Å²) < 4.78 is 7.11. The second kappa shape index (κ2) is 9.42. The molecule has 0 atom stereocenters. The Morgan fingerprint density at radius 3 is 2.42 bits per heavy atom. The Hall–Kier alpha value is -2.35. The maximum absolute atomic E-state index is 12.9. The second-order valence-electron chi connectivity index (χ2n) is 6.86. The van der Waals surface area contributed by atoms with Crippen LogP contribution in [0.5, 0.6) is 5.75 Å². The lowest BCUT2D eigenvalue weighted by molar-refractivity contribution is -0.123. The van der Waals surface area contributed by atoms with E-state index < -0.39 is 0 Å². The van der Waals surface area contributed by atoms with Crippen LogP contribution in [0.2, 0.25) is 0 Å². The third-order valence-electron chi connectivity index (χ3n) is 4.69. The first-order valence-corrected chi connectivity index (χ1v) is 11.8. The first-order chi connectivity index (χ1) is 15.0. The first-order valence-electron chi connectivity index (χ1n) is 9.42. The summed E-state index contributed by atoms with van der Waals surface area (Å²) in [7, 11) is 0. The predicted molar refractivity (Wildman–Crippen MR) is 133 cm³/mol. The van der Waals surface area contributed by atoms with E-state index in [1.165, 1.54) is 4.90 Å². The monoisotopic (exact) mass is 557 g/mol. The topological polar surface area (TPSA) is 46.6 Å². The maximum Gasteiger partial charge on any atom is 0.293 e. The average Bonchev–Trinajstić information content (AvgIpc) is 3.00. The van der Waals surface area contributed by atoms with E-state index in [0.717, 1.165) is 42.6 Å². The summed E-state index contributed by atoms with van der Waals surface area (Å²) in [6, 6.07) is 17.7. The zero-order valence-corrected chi connectivity index (χ0v) is 20.3. The Balaban J connectivity index is 1.56. The van der Waals surface area contributed by atoms with Gasteiger partial charge in [-0.3, -0.25) is 14.5 Å². The number of halogens is 2. The molecule has 7 heteroatoms. The fourth-order valence-electron chi connectivity index (χ4n) is 3.25. The Kier molecular flexibility index (Phi) is 6.65. The summed E-state index contributed by atoms with van der Waals surface area (Å²) in [4.78, 5) is 27.1. The van der Waals surface area contributed by atoms with Gasteiger partial charge in [0, 0.05) is 0 Å². The van der Waals surface area contributed by atoms with E-state index in [1.807, 2.05) is 54.6 Å². The van der Waals surface area contributed by atoms with Crippen LogP contribution in [-0.4, -0.2) is 22.7 Å². The normalized spacial score (nSPS) is 15.2. The van der Waals surface area contributed by atoms with E-state index in [1.54, 1.807) is 12.2 Å². The summed E-state index contributed by atoms with van der Waals surface area (Å²) in [6.07, 6.45) is 3.39. The third-order valence-corrected chi connectivity index (χ3v) is 6.78. The molecule has 0 unspecified atom stereocenters. The number of thioether (sulfide) groups is 1. The zero-order chi connectivity index (χ0) is 22.0. The number of amides is 2. The molecule has 1 heterocycles. The van der Waals surface area contributed by atoms with Crippen molar-refractivity contribution in [2.75, 3.05) is 6.61 Å². The van der Waals surface area contributed by atoms with Crippen LogP contribution >= 0.6 is 43.6 Å². The molecule has 0 N–H and O–H groups in total. The highest BCUT2D eigenvalue weighted by molar-refractivity contribution is 9.11. The minimum Gasteiger partial charge on any atom is -0.487 e. The van der Waals surface area contributed by atoms with E-state index in [0.29, 0.717) is 17.3 Å². The van der Waals surface area contributed by atoms with Crippen molar-refractivity contribution in [3.8, 4) is 5.75 Å². The molecule has 2 amide bonds. The summed E-state index contributed by atoms with van der Waals surface area (Å²) in [6.45, 7) is 4.27. The van der Waals surface area contributed by atoms with Crippen molar-refractivity contribution in [3.63, 3.8) is 0 Å². The minimum absolute atomic E-state index is 0.245. The van der Waals surface area contributed by atoms with Gasteiger partial charge >= 0.3 is 0 Å². The van der Waals surface area contributed by atoms with Crippen molar-refractivity contribution in [3.05, 3.63) is 92.2 Å². The number of carbonyl (C=O) groups excluding carboxylic acids is 2. The molecule has 1 aliphatic heterocycles. The number of imide groups is 1. The van der Waals surface area contributed by atoms with Gasteiger partial charge in [-0.25, -0.2) is 0 Å². The highest BCUT2D eigenvalue weighted by atomic mass is 79.9. The summed E-state index contributed by atoms with van der Waals surface area (Å²) in [5, 5.41) is 1.93. The number of hydrogen-bond donors (Lipinski definition) is 0. The fraction of sp³-hybridized carbons (Fsp3) is 0.0833. The average molecular weight is 559 g/mol. The zero-order valence-electron chi connectivity index (χ0n) is 16.3. The van der Waals surface area contributed by atoms with Gasteiger partial charge in [-0.2, -0.15) is 0 Å². The van der Waals surface area contributed by atoms with Crippen molar-refractivity contribution in [1.82, 2.24) is 4.90 Å². The van der Waals surface area contributed by atoms with Gasteiger partial charge in [-0.1, -0.05) is 49.1 Å². The highest BCUT2D eigenvalue weighted by Gasteiger charge is 2.35. The Morgan fingerprint density at radius 1 is 1.00 bits per heavy atom. The highest BCUT2D eigenvalue weighted by Crippen LogP contribution is 2.38. The van der Waals surface area contributed by atoms with Crippen molar-refractivity contribution >= 4 is 71.6 Å². The molecule has 0 spiro atoms. The van der Waals surface area contributed by atoms with Gasteiger partial charge in [-0.05, 0) is 89.8 Å². The Bertz CT molecular complexity index is 1220. The molecule has 4 nitrogen and oxygen atoms in total. The lowest BCUT2D eigenvalue weighted by atomic mass is 10.1. The standard InChI is InChI=1S/C24H17Br2NO3S/c1-2-9-30-22-19(25)11-16(12-20(22)26)13-21-23(28)27(24(29)31-21)14-15-7-8-17-5-3-4-6-18(17)10-15/h2-8,10-13H,1,9,14H2/b21-13-. The lowest BCUT2D eigenvalue weighted by Gasteiger charge is -2.13. The Labute approximate surface area is 201 Å². The van der Waals surface area contributed by atoms with Gasteiger partial charge < -0.3 is 4.74 Å². The number of ether oxygens (including phenoxy) is 1. The SMILES string of the molecule is C=CCOc1c(Br)cc(/C=C2\SC(=O)N(Cc3ccc4ccccc4c3)C2=O)cc1Br. The molecule has 4 rings (SSSR count). The van der Waals surface area contributed by atoms with Crippen LogP contribution in [0.4, 0.5) is 4.79 Å². The molecule has 1 aliphatic rings. The molecule has 1 saturated heterocycles. The molecule has 0 saturated carbocycles. The number of carbonyl (C=O) groups is 2. The van der Waals surface area contributed by atoms with E-state index in [2.05, 4.69) is 38.4 Å². The molecular formula is C24H17Br2NO3S. The fourth-order valence-corrected chi connectivity index (χ4v) is 5.54. The van der Waals surface area contributed by atoms with Crippen molar-refractivity contribution < 1.29 is 14.3 Å². The summed E-state index contributed by atoms with van der Waals surface area (Å²) in [5.41, 5.74) is 1.69. The van der Waals surface area contributed by atoms with Gasteiger partial charge in [0.2, 0.25) is 0 Å². The summed E-state index contributed by atoms with van der Waals surface area (Å²) in [5.74, 6) is 0.365. The van der Waals surface area contributed by atoms with Crippen molar-refractivity contribution in [2.24, 2.45) is 0 Å². The van der Waals surface area contributed by atoms with Crippen LogP contribution in [0.3, 0.4) is 0 Å². The number of hydrogen-bond acceptors (Lipinski definition) is 4. The molecule has 0 bridgehead atoms. The molecule has 31 heavy (non-hydrogen) atoms. The van der Waals surface area contributed by atoms with Crippen molar-refractivity contribution in [2.45, 2.75) is 6.54 Å². The van der Waals surface area contributed by atoms with Crippen LogP contribution in [-0.2, 0) is 11.3 Å². The van der Waals surface area contributed by atoms with Gasteiger partial charge in [0.25, 0.3) is 11.1 Å². The van der Waals surface area contributed by atoms with Crippen molar-refractivity contribution in [1.29, 1.82) is 0 Å².